The number of hydrogen-bond acceptors (Lipinski definition) is 6. The largest absolute Gasteiger partial charge is 0.365 e. The normalized spacial score (nSPS) is 16.8. The molecule has 27 heavy (non-hydrogen) atoms. The maximum Gasteiger partial charge on any atom is 0.143 e. The summed E-state index contributed by atoms with van der Waals surface area (Å²) in [5.74, 6) is 1.55. The van der Waals surface area contributed by atoms with E-state index in [2.05, 4.69) is 64.2 Å². The monoisotopic (exact) mass is 368 g/mol. The molecule has 0 spiro atoms. The van der Waals surface area contributed by atoms with Crippen molar-refractivity contribution < 1.29 is 0 Å². The number of likely N-dealkylation sites (N-methyl/N-ethyl adjacent to an activating group) is 1. The molecule has 0 bridgehead atoms. The third kappa shape index (κ3) is 6.03. The van der Waals surface area contributed by atoms with Gasteiger partial charge in [0.15, 0.2) is 0 Å². The molecule has 0 radical (unpaired) electrons. The molecule has 1 fully saturated rings. The predicted octanol–water partition coefficient (Wildman–Crippen LogP) is 3.50. The molecule has 146 valence electrons. The van der Waals surface area contributed by atoms with Gasteiger partial charge in [-0.05, 0) is 32.9 Å². The van der Waals surface area contributed by atoms with Crippen molar-refractivity contribution in [3.63, 3.8) is 0 Å². The van der Waals surface area contributed by atoms with E-state index in [0.29, 0.717) is 12.4 Å². The summed E-state index contributed by atoms with van der Waals surface area (Å²) < 4.78 is 0. The molecule has 0 unspecified atom stereocenters. The molecule has 2 rings (SSSR count). The molecule has 1 saturated heterocycles. The minimum absolute atomic E-state index is 0.651. The number of anilines is 2. The molecule has 0 atom stereocenters. The van der Waals surface area contributed by atoms with Gasteiger partial charge in [-0.25, -0.2) is 9.97 Å². The Labute approximate surface area is 163 Å². The maximum atomic E-state index is 7.89. The Bertz CT molecular complexity index is 711. The first kappa shape index (κ1) is 20.8. The van der Waals surface area contributed by atoms with E-state index >= 15 is 0 Å². The van der Waals surface area contributed by atoms with Crippen molar-refractivity contribution in [2.45, 2.75) is 27.2 Å². The zero-order valence-electron chi connectivity index (χ0n) is 17.0. The predicted molar refractivity (Wildman–Crippen MR) is 115 cm³/mol. The number of aromatic nitrogens is 2. The van der Waals surface area contributed by atoms with Gasteiger partial charge in [-0.15, -0.1) is 0 Å². The minimum atomic E-state index is 0.651. The first-order valence-electron chi connectivity index (χ1n) is 9.60. The highest BCUT2D eigenvalue weighted by Gasteiger charge is 2.19. The van der Waals surface area contributed by atoms with Crippen LogP contribution in [0.5, 0.6) is 0 Å². The molecule has 2 heterocycles. The van der Waals surface area contributed by atoms with Crippen LogP contribution >= 0.6 is 0 Å². The number of nitrogens with one attached hydrogen (secondary N) is 2. The number of piperazine rings is 1. The summed E-state index contributed by atoms with van der Waals surface area (Å²) in [6.45, 7) is 10.8. The van der Waals surface area contributed by atoms with E-state index in [-0.39, 0.29) is 0 Å². The molecule has 1 aromatic rings. The summed E-state index contributed by atoms with van der Waals surface area (Å²) >= 11 is 0. The Hall–Kier alpha value is -2.47. The van der Waals surface area contributed by atoms with Crippen LogP contribution in [0.2, 0.25) is 0 Å². The summed E-state index contributed by atoms with van der Waals surface area (Å²) in [5.41, 5.74) is 3.26. The van der Waals surface area contributed by atoms with E-state index in [1.54, 1.807) is 6.33 Å². The van der Waals surface area contributed by atoms with Crippen LogP contribution in [0.4, 0.5) is 11.6 Å². The summed E-state index contributed by atoms with van der Waals surface area (Å²) in [6, 6.07) is 0. The highest BCUT2D eigenvalue weighted by Crippen LogP contribution is 2.22. The van der Waals surface area contributed by atoms with Crippen molar-refractivity contribution in [2.75, 3.05) is 50.0 Å². The molecule has 1 aromatic heterocycles. The fraction of sp³-hybridized carbons (Fsp3) is 0.476. The molecule has 6 nitrogen and oxygen atoms in total. The van der Waals surface area contributed by atoms with Gasteiger partial charge in [0.2, 0.25) is 0 Å². The van der Waals surface area contributed by atoms with E-state index in [1.165, 1.54) is 17.4 Å². The fourth-order valence-electron chi connectivity index (χ4n) is 2.87. The third-order valence-corrected chi connectivity index (χ3v) is 4.79. The van der Waals surface area contributed by atoms with Gasteiger partial charge < -0.3 is 20.5 Å². The molecule has 0 amide bonds. The zero-order chi connectivity index (χ0) is 19.6. The van der Waals surface area contributed by atoms with Gasteiger partial charge in [-0.2, -0.15) is 0 Å². The Kier molecular flexibility index (Phi) is 8.20. The topological polar surface area (TPSA) is 68.1 Å². The van der Waals surface area contributed by atoms with E-state index in [4.69, 9.17) is 5.41 Å². The average Bonchev–Trinajstić information content (AvgIpc) is 2.70. The third-order valence-electron chi connectivity index (χ3n) is 4.79. The number of hydrogen-bond donors (Lipinski definition) is 2. The van der Waals surface area contributed by atoms with Crippen molar-refractivity contribution in [1.29, 1.82) is 5.41 Å². The van der Waals surface area contributed by atoms with Gasteiger partial charge in [-0.1, -0.05) is 36.8 Å². The second kappa shape index (κ2) is 10.6. The van der Waals surface area contributed by atoms with Crippen molar-refractivity contribution in [2.24, 2.45) is 0 Å². The quantitative estimate of drug-likeness (QED) is 0.543. The number of nitrogens with zero attached hydrogens (tertiary/aromatic N) is 4. The van der Waals surface area contributed by atoms with Gasteiger partial charge in [0, 0.05) is 38.9 Å². The fourth-order valence-corrected chi connectivity index (χ4v) is 2.87. The molecule has 1 aliphatic heterocycles. The second-order valence-corrected chi connectivity index (χ2v) is 6.86. The van der Waals surface area contributed by atoms with Gasteiger partial charge in [0.1, 0.15) is 18.0 Å². The van der Waals surface area contributed by atoms with E-state index < -0.39 is 0 Å². The lowest BCUT2D eigenvalue weighted by Gasteiger charge is -2.34. The van der Waals surface area contributed by atoms with Crippen LogP contribution in [0.1, 0.15) is 32.8 Å². The highest BCUT2D eigenvalue weighted by atomic mass is 15.3. The molecule has 0 aromatic carbocycles. The molecule has 0 aliphatic carbocycles. The molecular weight excluding hydrogens is 336 g/mol. The van der Waals surface area contributed by atoms with Crippen molar-refractivity contribution >= 4 is 17.9 Å². The van der Waals surface area contributed by atoms with Crippen molar-refractivity contribution in [1.82, 2.24) is 14.9 Å². The standard InChI is InChI=1S/C21H32N6/c1-5-7-18(9-8-17(3)6-2)15-23-20-19(14-22)21(25-16-24-20)27-12-10-26(4)11-13-27/h5,7-9,14,16,22H,6,10-13,15H2,1-4H3,(H,23,24,25)/b7-5-,17-8+,18-9+,22-14?. The van der Waals surface area contributed by atoms with Crippen LogP contribution in [0.25, 0.3) is 0 Å². The lowest BCUT2D eigenvalue weighted by Crippen LogP contribution is -2.45. The number of rotatable bonds is 8. The summed E-state index contributed by atoms with van der Waals surface area (Å²) in [5, 5.41) is 11.3. The molecule has 0 saturated carbocycles. The lowest BCUT2D eigenvalue weighted by molar-refractivity contribution is 0.312. The van der Waals surface area contributed by atoms with Crippen molar-refractivity contribution in [3.05, 3.63) is 47.3 Å². The summed E-state index contributed by atoms with van der Waals surface area (Å²) in [6.07, 6.45) is 12.4. The lowest BCUT2D eigenvalue weighted by atomic mass is 10.1. The van der Waals surface area contributed by atoms with E-state index in [1.807, 2.05) is 13.0 Å². The van der Waals surface area contributed by atoms with Gasteiger partial charge >= 0.3 is 0 Å². The summed E-state index contributed by atoms with van der Waals surface area (Å²) in [4.78, 5) is 13.4. The van der Waals surface area contributed by atoms with Crippen LogP contribution in [0, 0.1) is 5.41 Å². The molecular formula is C21H32N6. The Morgan fingerprint density at radius 2 is 1.96 bits per heavy atom. The van der Waals surface area contributed by atoms with E-state index in [9.17, 15) is 0 Å². The van der Waals surface area contributed by atoms with Crippen LogP contribution in [0.3, 0.4) is 0 Å². The smallest absolute Gasteiger partial charge is 0.143 e. The van der Waals surface area contributed by atoms with Crippen LogP contribution in [0.15, 0.2) is 41.8 Å². The van der Waals surface area contributed by atoms with E-state index in [0.717, 1.165) is 44.0 Å². The van der Waals surface area contributed by atoms with Gasteiger partial charge in [-0.3, -0.25) is 0 Å². The first-order chi connectivity index (χ1) is 13.1. The van der Waals surface area contributed by atoms with Crippen LogP contribution < -0.4 is 10.2 Å². The van der Waals surface area contributed by atoms with Gasteiger partial charge in [0.05, 0.1) is 5.56 Å². The number of allylic oxidation sites excluding steroid dienone is 4. The van der Waals surface area contributed by atoms with Crippen molar-refractivity contribution in [3.8, 4) is 0 Å². The molecule has 2 N–H and O–H groups in total. The Morgan fingerprint density at radius 1 is 1.22 bits per heavy atom. The Morgan fingerprint density at radius 3 is 2.59 bits per heavy atom. The zero-order valence-corrected chi connectivity index (χ0v) is 17.0. The van der Waals surface area contributed by atoms with Gasteiger partial charge in [0.25, 0.3) is 0 Å². The Balaban J connectivity index is 2.18. The molecule has 6 heteroatoms. The average molecular weight is 369 g/mol. The first-order valence-corrected chi connectivity index (χ1v) is 9.60. The molecule has 1 aliphatic rings. The van der Waals surface area contributed by atoms with Crippen LogP contribution in [-0.2, 0) is 0 Å². The minimum Gasteiger partial charge on any atom is -0.365 e. The second-order valence-electron chi connectivity index (χ2n) is 6.86. The highest BCUT2D eigenvalue weighted by molar-refractivity contribution is 5.91. The maximum absolute atomic E-state index is 7.89. The summed E-state index contributed by atoms with van der Waals surface area (Å²) in [7, 11) is 2.13. The van der Waals surface area contributed by atoms with Crippen LogP contribution in [-0.4, -0.2) is 60.9 Å². The SMILES string of the molecule is C\C=C/C(=C\C=C(/C)CC)CNc1ncnc(N2CCN(C)CC2)c1C=N.